The van der Waals surface area contributed by atoms with Crippen molar-refractivity contribution in [2.24, 2.45) is 5.92 Å². The van der Waals surface area contributed by atoms with E-state index in [1.165, 1.54) is 19.2 Å². The van der Waals surface area contributed by atoms with E-state index in [0.29, 0.717) is 0 Å². The molecule has 0 spiro atoms. The van der Waals surface area contributed by atoms with E-state index in [-0.39, 0.29) is 23.5 Å². The summed E-state index contributed by atoms with van der Waals surface area (Å²) in [5, 5.41) is 12.4. The molecule has 0 saturated heterocycles. The van der Waals surface area contributed by atoms with Crippen LogP contribution in [0, 0.1) is 5.92 Å². The third kappa shape index (κ3) is 3.69. The zero-order valence-corrected chi connectivity index (χ0v) is 11.7. The molecule has 1 aromatic carbocycles. The molecule has 0 heterocycles. The van der Waals surface area contributed by atoms with Crippen LogP contribution in [0.1, 0.15) is 13.8 Å². The lowest BCUT2D eigenvalue weighted by Crippen LogP contribution is -2.29. The van der Waals surface area contributed by atoms with Gasteiger partial charge in [-0.05, 0) is 37.2 Å². The molecule has 1 rings (SSSR count). The summed E-state index contributed by atoms with van der Waals surface area (Å²) in [6, 6.07) is 6.40. The molecule has 0 aliphatic rings. The quantitative estimate of drug-likeness (QED) is 0.722. The van der Waals surface area contributed by atoms with Crippen LogP contribution in [0.15, 0.2) is 29.2 Å². The molecule has 1 unspecified atom stereocenters. The van der Waals surface area contributed by atoms with Gasteiger partial charge in [-0.1, -0.05) is 13.8 Å². The number of benzene rings is 1. The Morgan fingerprint density at radius 1 is 1.22 bits per heavy atom. The maximum atomic E-state index is 11.5. The van der Waals surface area contributed by atoms with Crippen LogP contribution in [0.3, 0.4) is 0 Å². The lowest BCUT2D eigenvalue weighted by molar-refractivity contribution is 0.249. The Hall–Kier alpha value is -1.11. The number of anilines is 1. The molecule has 6 heteroatoms. The van der Waals surface area contributed by atoms with E-state index < -0.39 is 10.0 Å². The number of hydrogen-bond acceptors (Lipinski definition) is 4. The summed E-state index contributed by atoms with van der Waals surface area (Å²) in [5.41, 5.74) is 0.790. The SMILES string of the molecule is CNS(=O)(=O)c1ccc(NC(CO)C(C)C)cc1. The minimum Gasteiger partial charge on any atom is -0.394 e. The van der Waals surface area contributed by atoms with E-state index in [2.05, 4.69) is 10.0 Å². The van der Waals surface area contributed by atoms with Gasteiger partial charge in [0.1, 0.15) is 0 Å². The standard InChI is InChI=1S/C12H20N2O3S/c1-9(2)12(8-15)14-10-4-6-11(7-5-10)18(16,17)13-3/h4-7,9,12-15H,8H2,1-3H3. The van der Waals surface area contributed by atoms with Crippen LogP contribution < -0.4 is 10.0 Å². The summed E-state index contributed by atoms with van der Waals surface area (Å²) in [6.45, 7) is 4.05. The van der Waals surface area contributed by atoms with E-state index in [1.807, 2.05) is 13.8 Å². The highest BCUT2D eigenvalue weighted by molar-refractivity contribution is 7.89. The second kappa shape index (κ2) is 6.17. The van der Waals surface area contributed by atoms with Gasteiger partial charge in [0, 0.05) is 5.69 Å². The van der Waals surface area contributed by atoms with Crippen LogP contribution in [0.5, 0.6) is 0 Å². The molecule has 3 N–H and O–H groups in total. The van der Waals surface area contributed by atoms with Crippen molar-refractivity contribution in [2.45, 2.75) is 24.8 Å². The fourth-order valence-electron chi connectivity index (χ4n) is 1.49. The summed E-state index contributed by atoms with van der Waals surface area (Å²) in [7, 11) is -2.02. The van der Waals surface area contributed by atoms with Gasteiger partial charge < -0.3 is 10.4 Å². The normalized spacial score (nSPS) is 13.6. The monoisotopic (exact) mass is 272 g/mol. The summed E-state index contributed by atoms with van der Waals surface area (Å²) in [6.07, 6.45) is 0. The van der Waals surface area contributed by atoms with Gasteiger partial charge in [0.2, 0.25) is 10.0 Å². The van der Waals surface area contributed by atoms with Crippen LogP contribution >= 0.6 is 0 Å². The molecule has 0 radical (unpaired) electrons. The molecule has 0 saturated carbocycles. The zero-order valence-electron chi connectivity index (χ0n) is 10.8. The topological polar surface area (TPSA) is 78.4 Å². The first kappa shape index (κ1) is 14.9. The molecule has 5 nitrogen and oxygen atoms in total. The first-order chi connectivity index (χ1) is 8.40. The molecule has 1 atom stereocenters. The Labute approximate surface area is 108 Å². The molecule has 0 aliphatic carbocycles. The number of sulfonamides is 1. The predicted molar refractivity (Wildman–Crippen MR) is 72.0 cm³/mol. The second-order valence-corrected chi connectivity index (χ2v) is 6.30. The fourth-order valence-corrected chi connectivity index (χ4v) is 2.22. The molecule has 0 aromatic heterocycles. The third-order valence-electron chi connectivity index (χ3n) is 2.79. The van der Waals surface area contributed by atoms with E-state index in [1.54, 1.807) is 12.1 Å². The van der Waals surface area contributed by atoms with Crippen molar-refractivity contribution in [1.29, 1.82) is 0 Å². The van der Waals surface area contributed by atoms with Gasteiger partial charge in [-0.3, -0.25) is 0 Å². The summed E-state index contributed by atoms with van der Waals surface area (Å²) in [4.78, 5) is 0.223. The van der Waals surface area contributed by atoms with E-state index in [0.717, 1.165) is 5.69 Å². The van der Waals surface area contributed by atoms with Gasteiger partial charge in [-0.15, -0.1) is 0 Å². The van der Waals surface area contributed by atoms with Crippen molar-refractivity contribution >= 4 is 15.7 Å². The zero-order chi connectivity index (χ0) is 13.8. The van der Waals surface area contributed by atoms with Crippen molar-refractivity contribution in [2.75, 3.05) is 19.0 Å². The molecular formula is C12H20N2O3S. The van der Waals surface area contributed by atoms with Gasteiger partial charge >= 0.3 is 0 Å². The van der Waals surface area contributed by atoms with Crippen molar-refractivity contribution in [3.8, 4) is 0 Å². The average molecular weight is 272 g/mol. The average Bonchev–Trinajstić information content (AvgIpc) is 2.36. The van der Waals surface area contributed by atoms with Gasteiger partial charge in [0.25, 0.3) is 0 Å². The largest absolute Gasteiger partial charge is 0.394 e. The molecule has 0 amide bonds. The number of hydrogen-bond donors (Lipinski definition) is 3. The molecule has 0 aliphatic heterocycles. The molecule has 1 aromatic rings. The maximum absolute atomic E-state index is 11.5. The Morgan fingerprint density at radius 3 is 2.17 bits per heavy atom. The highest BCUT2D eigenvalue weighted by Crippen LogP contribution is 2.16. The fraction of sp³-hybridized carbons (Fsp3) is 0.500. The van der Waals surface area contributed by atoms with Crippen LogP contribution in [-0.2, 0) is 10.0 Å². The Balaban J connectivity index is 2.84. The lowest BCUT2D eigenvalue weighted by atomic mass is 10.1. The molecule has 0 fully saturated rings. The first-order valence-electron chi connectivity index (χ1n) is 5.81. The third-order valence-corrected chi connectivity index (χ3v) is 4.22. The van der Waals surface area contributed by atoms with Crippen LogP contribution in [-0.4, -0.2) is 33.2 Å². The van der Waals surface area contributed by atoms with Crippen molar-refractivity contribution in [3.05, 3.63) is 24.3 Å². The van der Waals surface area contributed by atoms with Crippen molar-refractivity contribution in [3.63, 3.8) is 0 Å². The molecule has 18 heavy (non-hydrogen) atoms. The summed E-state index contributed by atoms with van der Waals surface area (Å²) in [5.74, 6) is 0.288. The van der Waals surface area contributed by atoms with E-state index in [9.17, 15) is 13.5 Å². The maximum Gasteiger partial charge on any atom is 0.240 e. The van der Waals surface area contributed by atoms with Crippen LogP contribution in [0.4, 0.5) is 5.69 Å². The lowest BCUT2D eigenvalue weighted by Gasteiger charge is -2.21. The Bertz CT molecular complexity index is 469. The van der Waals surface area contributed by atoms with Gasteiger partial charge in [-0.2, -0.15) is 0 Å². The van der Waals surface area contributed by atoms with E-state index in [4.69, 9.17) is 0 Å². The Morgan fingerprint density at radius 2 is 1.78 bits per heavy atom. The number of nitrogens with one attached hydrogen (secondary N) is 2. The highest BCUT2D eigenvalue weighted by atomic mass is 32.2. The Kier molecular flexibility index (Phi) is 5.13. The summed E-state index contributed by atoms with van der Waals surface area (Å²) >= 11 is 0. The van der Waals surface area contributed by atoms with Gasteiger partial charge in [0.05, 0.1) is 17.5 Å². The smallest absolute Gasteiger partial charge is 0.240 e. The minimum absolute atomic E-state index is 0.0359. The number of rotatable bonds is 6. The molecule has 0 bridgehead atoms. The van der Waals surface area contributed by atoms with Crippen molar-refractivity contribution < 1.29 is 13.5 Å². The van der Waals surface area contributed by atoms with Crippen LogP contribution in [0.2, 0.25) is 0 Å². The van der Waals surface area contributed by atoms with E-state index >= 15 is 0 Å². The minimum atomic E-state index is -3.39. The van der Waals surface area contributed by atoms with Gasteiger partial charge in [0.15, 0.2) is 0 Å². The summed E-state index contributed by atoms with van der Waals surface area (Å²) < 4.78 is 25.3. The molecule has 102 valence electrons. The highest BCUT2D eigenvalue weighted by Gasteiger charge is 2.13. The number of aliphatic hydroxyl groups is 1. The predicted octanol–water partition coefficient (Wildman–Crippen LogP) is 1.02. The first-order valence-corrected chi connectivity index (χ1v) is 7.30. The van der Waals surface area contributed by atoms with Crippen LogP contribution in [0.25, 0.3) is 0 Å². The van der Waals surface area contributed by atoms with Crippen molar-refractivity contribution in [1.82, 2.24) is 4.72 Å². The second-order valence-electron chi connectivity index (χ2n) is 4.41. The molecular weight excluding hydrogens is 252 g/mol. The van der Waals surface area contributed by atoms with Gasteiger partial charge in [-0.25, -0.2) is 13.1 Å². The number of aliphatic hydroxyl groups excluding tert-OH is 1.